The molecule has 1 fully saturated rings. The Morgan fingerprint density at radius 2 is 1.89 bits per heavy atom. The number of amides is 1. The van der Waals surface area contributed by atoms with Gasteiger partial charge in [0.2, 0.25) is 5.91 Å². The first-order valence-electron chi connectivity index (χ1n) is 6.91. The lowest BCUT2D eigenvalue weighted by Gasteiger charge is -2.37. The minimum Gasteiger partial charge on any atom is -0.388 e. The number of benzene rings is 1. The Kier molecular flexibility index (Phi) is 4.43. The number of para-hydroxylation sites is 1. The predicted octanol–water partition coefficient (Wildman–Crippen LogP) is 1.80. The highest BCUT2D eigenvalue weighted by Gasteiger charge is 2.21. The van der Waals surface area contributed by atoms with Gasteiger partial charge in [0.15, 0.2) is 0 Å². The van der Waals surface area contributed by atoms with Crippen molar-refractivity contribution in [3.05, 3.63) is 29.8 Å². The second kappa shape index (κ2) is 6.06. The van der Waals surface area contributed by atoms with E-state index in [1.807, 2.05) is 30.0 Å². The van der Waals surface area contributed by atoms with Gasteiger partial charge in [0.05, 0.1) is 6.10 Å². The van der Waals surface area contributed by atoms with Crippen LogP contribution in [0.4, 0.5) is 5.69 Å². The second-order valence-corrected chi connectivity index (χ2v) is 4.98. The quantitative estimate of drug-likeness (QED) is 0.903. The average molecular weight is 262 g/mol. The summed E-state index contributed by atoms with van der Waals surface area (Å²) in [6.45, 7) is 6.76. The summed E-state index contributed by atoms with van der Waals surface area (Å²) >= 11 is 0. The van der Waals surface area contributed by atoms with Crippen LogP contribution in [0.2, 0.25) is 0 Å². The van der Waals surface area contributed by atoms with E-state index in [-0.39, 0.29) is 5.91 Å². The predicted molar refractivity (Wildman–Crippen MR) is 76.2 cm³/mol. The molecule has 0 aromatic heterocycles. The number of hydrogen-bond acceptors (Lipinski definition) is 3. The molecule has 0 radical (unpaired) electrons. The topological polar surface area (TPSA) is 43.8 Å². The van der Waals surface area contributed by atoms with Crippen LogP contribution in [0.1, 0.15) is 31.9 Å². The van der Waals surface area contributed by atoms with Gasteiger partial charge in [0, 0.05) is 44.4 Å². The smallest absolute Gasteiger partial charge is 0.219 e. The Morgan fingerprint density at radius 3 is 2.47 bits per heavy atom. The highest BCUT2D eigenvalue weighted by molar-refractivity contribution is 5.73. The van der Waals surface area contributed by atoms with Gasteiger partial charge in [0.25, 0.3) is 0 Å². The summed E-state index contributed by atoms with van der Waals surface area (Å²) in [5, 5.41) is 10.1. The molecule has 1 atom stereocenters. The monoisotopic (exact) mass is 262 g/mol. The van der Waals surface area contributed by atoms with Gasteiger partial charge in [-0.1, -0.05) is 25.1 Å². The molecular formula is C15H22N2O2. The zero-order valence-electron chi connectivity index (χ0n) is 11.7. The fourth-order valence-corrected chi connectivity index (χ4v) is 2.54. The summed E-state index contributed by atoms with van der Waals surface area (Å²) in [5.41, 5.74) is 2.08. The van der Waals surface area contributed by atoms with E-state index in [1.54, 1.807) is 6.92 Å². The first-order chi connectivity index (χ1) is 9.13. The second-order valence-electron chi connectivity index (χ2n) is 4.98. The van der Waals surface area contributed by atoms with Crippen LogP contribution < -0.4 is 4.90 Å². The van der Waals surface area contributed by atoms with Crippen LogP contribution in [-0.2, 0) is 4.79 Å². The Hall–Kier alpha value is -1.55. The standard InChI is InChI=1S/C15H22N2O2/c1-3-15(19)13-6-4-5-7-14(13)17-10-8-16(9-11-17)12(2)18/h4-7,15,19H,3,8-11H2,1-2H3. The van der Waals surface area contributed by atoms with Gasteiger partial charge in [0.1, 0.15) is 0 Å². The van der Waals surface area contributed by atoms with Crippen molar-refractivity contribution in [3.63, 3.8) is 0 Å². The molecule has 0 saturated carbocycles. The van der Waals surface area contributed by atoms with Crippen LogP contribution >= 0.6 is 0 Å². The van der Waals surface area contributed by atoms with E-state index >= 15 is 0 Å². The third-order valence-electron chi connectivity index (χ3n) is 3.75. The number of aliphatic hydroxyl groups excluding tert-OH is 1. The summed E-state index contributed by atoms with van der Waals surface area (Å²) in [4.78, 5) is 15.5. The molecule has 19 heavy (non-hydrogen) atoms. The minimum absolute atomic E-state index is 0.140. The fourth-order valence-electron chi connectivity index (χ4n) is 2.54. The molecule has 4 heteroatoms. The van der Waals surface area contributed by atoms with E-state index in [2.05, 4.69) is 11.0 Å². The highest BCUT2D eigenvalue weighted by atomic mass is 16.3. The van der Waals surface area contributed by atoms with Crippen molar-refractivity contribution < 1.29 is 9.90 Å². The molecule has 1 aromatic rings. The van der Waals surface area contributed by atoms with Crippen LogP contribution in [0.3, 0.4) is 0 Å². The molecule has 0 aliphatic carbocycles. The number of carbonyl (C=O) groups is 1. The Balaban J connectivity index is 2.13. The van der Waals surface area contributed by atoms with Crippen LogP contribution in [0.15, 0.2) is 24.3 Å². The maximum atomic E-state index is 11.3. The zero-order valence-corrected chi connectivity index (χ0v) is 11.7. The number of aliphatic hydroxyl groups is 1. The minimum atomic E-state index is -0.415. The maximum absolute atomic E-state index is 11.3. The Labute approximate surface area is 114 Å². The van der Waals surface area contributed by atoms with Crippen molar-refractivity contribution in [2.75, 3.05) is 31.1 Å². The lowest BCUT2D eigenvalue weighted by atomic mass is 10.0. The van der Waals surface area contributed by atoms with Crippen molar-refractivity contribution in [1.82, 2.24) is 4.90 Å². The number of hydrogen-bond donors (Lipinski definition) is 1. The lowest BCUT2D eigenvalue weighted by molar-refractivity contribution is -0.129. The van der Waals surface area contributed by atoms with Crippen molar-refractivity contribution >= 4 is 11.6 Å². The van der Waals surface area contributed by atoms with E-state index < -0.39 is 6.10 Å². The van der Waals surface area contributed by atoms with Gasteiger partial charge in [-0.2, -0.15) is 0 Å². The molecule has 1 aromatic carbocycles. The van der Waals surface area contributed by atoms with Crippen LogP contribution in [0, 0.1) is 0 Å². The van der Waals surface area contributed by atoms with Gasteiger partial charge in [-0.15, -0.1) is 0 Å². The van der Waals surface area contributed by atoms with Gasteiger partial charge in [-0.05, 0) is 12.5 Å². The van der Waals surface area contributed by atoms with E-state index in [0.717, 1.165) is 37.4 Å². The lowest BCUT2D eigenvalue weighted by Crippen LogP contribution is -2.48. The maximum Gasteiger partial charge on any atom is 0.219 e. The molecule has 4 nitrogen and oxygen atoms in total. The van der Waals surface area contributed by atoms with Crippen LogP contribution in [0.25, 0.3) is 0 Å². The molecule has 2 rings (SSSR count). The van der Waals surface area contributed by atoms with Crippen molar-refractivity contribution in [3.8, 4) is 0 Å². The molecule has 1 heterocycles. The molecule has 1 N–H and O–H groups in total. The third-order valence-corrected chi connectivity index (χ3v) is 3.75. The van der Waals surface area contributed by atoms with Crippen molar-refractivity contribution in [1.29, 1.82) is 0 Å². The zero-order chi connectivity index (χ0) is 13.8. The van der Waals surface area contributed by atoms with E-state index in [0.29, 0.717) is 6.42 Å². The van der Waals surface area contributed by atoms with E-state index in [1.165, 1.54) is 0 Å². The van der Waals surface area contributed by atoms with Gasteiger partial charge < -0.3 is 14.9 Å². The first-order valence-corrected chi connectivity index (χ1v) is 6.91. The normalized spacial score (nSPS) is 17.4. The van der Waals surface area contributed by atoms with Gasteiger partial charge >= 0.3 is 0 Å². The molecule has 1 saturated heterocycles. The van der Waals surface area contributed by atoms with Gasteiger partial charge in [-0.3, -0.25) is 4.79 Å². The molecule has 1 unspecified atom stereocenters. The first kappa shape index (κ1) is 13.9. The number of rotatable bonds is 3. The number of piperazine rings is 1. The van der Waals surface area contributed by atoms with Crippen LogP contribution in [-0.4, -0.2) is 42.1 Å². The molecule has 104 valence electrons. The highest BCUT2D eigenvalue weighted by Crippen LogP contribution is 2.28. The fraction of sp³-hybridized carbons (Fsp3) is 0.533. The average Bonchev–Trinajstić information content (AvgIpc) is 2.46. The summed E-state index contributed by atoms with van der Waals surface area (Å²) in [6, 6.07) is 8.00. The third kappa shape index (κ3) is 3.07. The molecule has 1 aliphatic rings. The molecule has 0 spiro atoms. The SMILES string of the molecule is CCC(O)c1ccccc1N1CCN(C(C)=O)CC1. The largest absolute Gasteiger partial charge is 0.388 e. The molecule has 0 bridgehead atoms. The summed E-state index contributed by atoms with van der Waals surface area (Å²) in [6.07, 6.45) is 0.298. The number of nitrogens with zero attached hydrogens (tertiary/aromatic N) is 2. The Bertz CT molecular complexity index is 440. The number of carbonyl (C=O) groups excluding carboxylic acids is 1. The van der Waals surface area contributed by atoms with Crippen LogP contribution in [0.5, 0.6) is 0 Å². The summed E-state index contributed by atoms with van der Waals surface area (Å²) in [5.74, 6) is 0.140. The van der Waals surface area contributed by atoms with Crippen molar-refractivity contribution in [2.45, 2.75) is 26.4 Å². The van der Waals surface area contributed by atoms with Gasteiger partial charge in [-0.25, -0.2) is 0 Å². The molecule has 1 aliphatic heterocycles. The molecular weight excluding hydrogens is 240 g/mol. The Morgan fingerprint density at radius 1 is 1.26 bits per heavy atom. The summed E-state index contributed by atoms with van der Waals surface area (Å²) < 4.78 is 0. The van der Waals surface area contributed by atoms with Crippen molar-refractivity contribution in [2.24, 2.45) is 0 Å². The summed E-state index contributed by atoms with van der Waals surface area (Å²) in [7, 11) is 0. The van der Waals surface area contributed by atoms with E-state index in [9.17, 15) is 9.90 Å². The number of anilines is 1. The molecule has 1 amide bonds. The van der Waals surface area contributed by atoms with E-state index in [4.69, 9.17) is 0 Å².